The van der Waals surface area contributed by atoms with Crippen molar-refractivity contribution in [2.75, 3.05) is 6.61 Å². The highest BCUT2D eigenvalue weighted by atomic mass is 32.2. The summed E-state index contributed by atoms with van der Waals surface area (Å²) in [6.45, 7) is 2.77. The Labute approximate surface area is 51.8 Å². The van der Waals surface area contributed by atoms with Gasteiger partial charge in [-0.05, 0) is 12.3 Å². The zero-order chi connectivity index (χ0) is 5.82. The fourth-order valence-electron chi connectivity index (χ4n) is 0.472. The van der Waals surface area contributed by atoms with Gasteiger partial charge in [0.2, 0.25) is 0 Å². The van der Waals surface area contributed by atoms with Crippen LogP contribution in [0.4, 0.5) is 0 Å². The van der Waals surface area contributed by atoms with Crippen molar-refractivity contribution in [2.24, 2.45) is 4.99 Å². The van der Waals surface area contributed by atoms with Gasteiger partial charge in [-0.3, -0.25) is 4.99 Å². The largest absolute Gasteiger partial charge is 0.331 e. The second-order valence-electron chi connectivity index (χ2n) is 1.34. The molecule has 1 unspecified atom stereocenters. The molecule has 2 nitrogen and oxygen atoms in total. The van der Waals surface area contributed by atoms with Gasteiger partial charge in [0.05, 0.1) is 12.2 Å². The Morgan fingerprint density at radius 1 is 1.75 bits per heavy atom. The maximum atomic E-state index is 5.23. The van der Waals surface area contributed by atoms with Crippen molar-refractivity contribution >= 4 is 16.7 Å². The van der Waals surface area contributed by atoms with Crippen LogP contribution in [0.2, 0.25) is 0 Å². The molecule has 0 N–H and O–H groups in total. The molecule has 1 heterocycles. The number of hydrogen-bond acceptors (Lipinski definition) is 2. The highest BCUT2D eigenvalue weighted by Gasteiger charge is 1.95. The van der Waals surface area contributed by atoms with Crippen LogP contribution in [-0.2, 0) is 4.18 Å². The van der Waals surface area contributed by atoms with Gasteiger partial charge in [-0.2, -0.15) is 0 Å². The Hall–Kier alpha value is -0.280. The van der Waals surface area contributed by atoms with Gasteiger partial charge in [0, 0.05) is 6.20 Å². The molecule has 0 aromatic carbocycles. The summed E-state index contributed by atoms with van der Waals surface area (Å²) in [5, 5.41) is 1.98. The zero-order valence-electron chi connectivity index (χ0n) is 4.74. The molecule has 0 aromatic rings. The van der Waals surface area contributed by atoms with E-state index >= 15 is 0 Å². The summed E-state index contributed by atoms with van der Waals surface area (Å²) < 4.78 is 5.23. The van der Waals surface area contributed by atoms with Crippen LogP contribution in [0.3, 0.4) is 0 Å². The normalized spacial score (nSPS) is 29.4. The Morgan fingerprint density at radius 3 is 3.12 bits per heavy atom. The third-order valence-electron chi connectivity index (χ3n) is 0.758. The summed E-state index contributed by atoms with van der Waals surface area (Å²) in [5.74, 6) is 0. The van der Waals surface area contributed by atoms with Crippen molar-refractivity contribution in [2.45, 2.75) is 6.92 Å². The van der Waals surface area contributed by atoms with Gasteiger partial charge in [0.1, 0.15) is 0 Å². The van der Waals surface area contributed by atoms with Crippen LogP contribution in [0.15, 0.2) is 16.6 Å². The smallest absolute Gasteiger partial charge is 0.0659 e. The van der Waals surface area contributed by atoms with Gasteiger partial charge in [0.25, 0.3) is 0 Å². The lowest BCUT2D eigenvalue weighted by molar-refractivity contribution is 0.402. The second-order valence-corrected chi connectivity index (χ2v) is 2.85. The van der Waals surface area contributed by atoms with Crippen LogP contribution in [0.5, 0.6) is 0 Å². The zero-order valence-corrected chi connectivity index (χ0v) is 5.64. The molecule has 46 valence electrons. The molecule has 0 aromatic heterocycles. The first kappa shape index (κ1) is 5.85. The van der Waals surface area contributed by atoms with E-state index in [9.17, 15) is 0 Å². The molecule has 0 radical (unpaired) electrons. The Kier molecular flexibility index (Phi) is 2.11. The number of aliphatic imine (C=N–C) groups is 1. The second kappa shape index (κ2) is 2.89. The van der Waals surface area contributed by atoms with E-state index in [1.807, 2.05) is 17.9 Å². The lowest BCUT2D eigenvalue weighted by Crippen LogP contribution is -1.82. The maximum Gasteiger partial charge on any atom is 0.0659 e. The minimum atomic E-state index is -0.417. The number of hydrogen-bond donors (Lipinski definition) is 1. The van der Waals surface area contributed by atoms with Gasteiger partial charge in [-0.15, -0.1) is 0 Å². The van der Waals surface area contributed by atoms with E-state index in [4.69, 9.17) is 4.18 Å². The van der Waals surface area contributed by atoms with Crippen LogP contribution < -0.4 is 0 Å². The highest BCUT2D eigenvalue weighted by Crippen LogP contribution is 2.27. The van der Waals surface area contributed by atoms with Crippen LogP contribution in [0.25, 0.3) is 0 Å². The standard InChI is InChI=1S/C5H9NOS/c1-2-7-8-4-3-6-5-8/h3-5,8H,2H2,1H3. The molecule has 0 saturated carbocycles. The fourth-order valence-corrected chi connectivity index (χ4v) is 1.42. The summed E-state index contributed by atoms with van der Waals surface area (Å²) in [6, 6.07) is 0. The molecule has 1 aliphatic rings. The van der Waals surface area contributed by atoms with Crippen LogP contribution in [0, 0.1) is 0 Å². The van der Waals surface area contributed by atoms with E-state index < -0.39 is 11.2 Å². The molecule has 0 spiro atoms. The monoisotopic (exact) mass is 131 g/mol. The molecule has 0 amide bonds. The molecule has 1 rings (SSSR count). The van der Waals surface area contributed by atoms with Gasteiger partial charge >= 0.3 is 0 Å². The van der Waals surface area contributed by atoms with Crippen molar-refractivity contribution in [3.8, 4) is 0 Å². The maximum absolute atomic E-state index is 5.23. The van der Waals surface area contributed by atoms with E-state index in [1.165, 1.54) is 0 Å². The Morgan fingerprint density at radius 2 is 2.62 bits per heavy atom. The topological polar surface area (TPSA) is 21.6 Å². The minimum Gasteiger partial charge on any atom is -0.331 e. The molecule has 3 heteroatoms. The SMILES string of the molecule is CCO[SH]1C=CN=C1. The number of thiol groups is 1. The number of nitrogens with zero attached hydrogens (tertiary/aromatic N) is 1. The number of rotatable bonds is 2. The first-order chi connectivity index (χ1) is 3.93. The van der Waals surface area contributed by atoms with Crippen molar-refractivity contribution in [3.63, 3.8) is 0 Å². The van der Waals surface area contributed by atoms with Gasteiger partial charge < -0.3 is 4.18 Å². The van der Waals surface area contributed by atoms with Crippen LogP contribution >= 0.6 is 11.2 Å². The van der Waals surface area contributed by atoms with Gasteiger partial charge in [-0.1, -0.05) is 11.2 Å². The summed E-state index contributed by atoms with van der Waals surface area (Å²) in [7, 11) is 0. The molecular weight excluding hydrogens is 122 g/mol. The third-order valence-corrected chi connectivity index (χ3v) is 2.10. The summed E-state index contributed by atoms with van der Waals surface area (Å²) >= 11 is -0.417. The summed E-state index contributed by atoms with van der Waals surface area (Å²) in [6.07, 6.45) is 1.78. The summed E-state index contributed by atoms with van der Waals surface area (Å²) in [4.78, 5) is 3.88. The molecule has 1 aliphatic heterocycles. The van der Waals surface area contributed by atoms with E-state index in [1.54, 1.807) is 6.20 Å². The van der Waals surface area contributed by atoms with Crippen molar-refractivity contribution in [1.29, 1.82) is 0 Å². The molecule has 8 heavy (non-hydrogen) atoms. The van der Waals surface area contributed by atoms with E-state index in [2.05, 4.69) is 4.99 Å². The van der Waals surface area contributed by atoms with Crippen molar-refractivity contribution < 1.29 is 4.18 Å². The molecule has 0 saturated heterocycles. The average Bonchev–Trinajstić information content (AvgIpc) is 2.19. The predicted octanol–water partition coefficient (Wildman–Crippen LogP) is 1.45. The lowest BCUT2D eigenvalue weighted by Gasteiger charge is -2.05. The van der Waals surface area contributed by atoms with Gasteiger partial charge in [-0.25, -0.2) is 0 Å². The Balaban J connectivity index is 2.27. The Bertz CT molecular complexity index is 110. The van der Waals surface area contributed by atoms with Gasteiger partial charge in [0.15, 0.2) is 0 Å². The van der Waals surface area contributed by atoms with Crippen molar-refractivity contribution in [1.82, 2.24) is 0 Å². The van der Waals surface area contributed by atoms with Crippen LogP contribution in [-0.4, -0.2) is 12.2 Å². The molecule has 0 aliphatic carbocycles. The average molecular weight is 131 g/mol. The fraction of sp³-hybridized carbons (Fsp3) is 0.400. The van der Waals surface area contributed by atoms with Crippen LogP contribution in [0.1, 0.15) is 6.92 Å². The summed E-state index contributed by atoms with van der Waals surface area (Å²) in [5.41, 5.74) is 1.85. The first-order valence-corrected chi connectivity index (χ1v) is 3.94. The lowest BCUT2D eigenvalue weighted by atomic mass is 10.9. The molecule has 0 bridgehead atoms. The highest BCUT2D eigenvalue weighted by molar-refractivity contribution is 8.27. The van der Waals surface area contributed by atoms with Crippen molar-refractivity contribution in [3.05, 3.63) is 11.6 Å². The third kappa shape index (κ3) is 1.35. The minimum absolute atomic E-state index is 0.417. The van der Waals surface area contributed by atoms with E-state index in [-0.39, 0.29) is 0 Å². The van der Waals surface area contributed by atoms with E-state index in [0.717, 1.165) is 6.61 Å². The first-order valence-electron chi connectivity index (χ1n) is 2.54. The predicted molar refractivity (Wildman–Crippen MR) is 38.2 cm³/mol. The van der Waals surface area contributed by atoms with E-state index in [0.29, 0.717) is 0 Å². The molecule has 0 fully saturated rings. The molecule has 1 atom stereocenters. The quantitative estimate of drug-likeness (QED) is 0.563. The molecular formula is C5H9NOS.